The van der Waals surface area contributed by atoms with E-state index >= 15 is 0 Å². The number of carbonyl (C=O) groups is 3. The first kappa shape index (κ1) is 17.8. The first-order chi connectivity index (χ1) is 12.0. The average Bonchev–Trinajstić information content (AvgIpc) is 2.88. The number of nitrogens with one attached hydrogen (secondary N) is 2. The first-order valence-electron chi connectivity index (χ1n) is 7.39. The van der Waals surface area contributed by atoms with E-state index in [-0.39, 0.29) is 18.2 Å². The number of amides is 3. The molecule has 3 rings (SSSR count). The molecule has 0 bridgehead atoms. The van der Waals surface area contributed by atoms with Crippen molar-refractivity contribution in [2.24, 2.45) is 0 Å². The Labute approximate surface area is 162 Å². The second-order valence-corrected chi connectivity index (χ2v) is 7.09. The van der Waals surface area contributed by atoms with Gasteiger partial charge in [0.1, 0.15) is 6.04 Å². The third-order valence-corrected chi connectivity index (χ3v) is 4.67. The SMILES string of the molecule is O=C(NN[C@@H]1CC(=O)N(c2ccc(Cl)cc2)C1=O)c1ccc(I)cc1. The van der Waals surface area contributed by atoms with Crippen LogP contribution in [0.3, 0.4) is 0 Å². The summed E-state index contributed by atoms with van der Waals surface area (Å²) in [5, 5.41) is 0.516. The van der Waals surface area contributed by atoms with Gasteiger partial charge in [0.2, 0.25) is 5.91 Å². The zero-order chi connectivity index (χ0) is 18.0. The first-order valence-corrected chi connectivity index (χ1v) is 8.85. The molecule has 1 aliphatic heterocycles. The molecule has 1 heterocycles. The lowest BCUT2D eigenvalue weighted by atomic mass is 10.2. The molecule has 0 radical (unpaired) electrons. The van der Waals surface area contributed by atoms with E-state index in [0.717, 1.165) is 8.47 Å². The van der Waals surface area contributed by atoms with Crippen molar-refractivity contribution in [3.63, 3.8) is 0 Å². The molecule has 0 saturated carbocycles. The van der Waals surface area contributed by atoms with Gasteiger partial charge in [-0.15, -0.1) is 0 Å². The molecule has 8 heteroatoms. The van der Waals surface area contributed by atoms with Gasteiger partial charge in [-0.2, -0.15) is 0 Å². The predicted molar refractivity (Wildman–Crippen MR) is 102 cm³/mol. The zero-order valence-electron chi connectivity index (χ0n) is 12.8. The van der Waals surface area contributed by atoms with Gasteiger partial charge in [0.15, 0.2) is 0 Å². The standard InChI is InChI=1S/C17H13ClIN3O3/c18-11-3-7-13(8-4-11)22-15(23)9-14(17(22)25)20-21-16(24)10-1-5-12(19)6-2-10/h1-8,14,20H,9H2,(H,21,24)/t14-/m1/s1. The summed E-state index contributed by atoms with van der Waals surface area (Å²) in [6.07, 6.45) is -0.0333. The van der Waals surface area contributed by atoms with Crippen LogP contribution in [0.2, 0.25) is 5.02 Å². The maximum atomic E-state index is 12.5. The van der Waals surface area contributed by atoms with Gasteiger partial charge in [0, 0.05) is 14.2 Å². The molecule has 2 N–H and O–H groups in total. The second-order valence-electron chi connectivity index (χ2n) is 5.41. The van der Waals surface area contributed by atoms with E-state index in [1.165, 1.54) is 0 Å². The molecule has 25 heavy (non-hydrogen) atoms. The van der Waals surface area contributed by atoms with Crippen molar-refractivity contribution < 1.29 is 14.4 Å². The largest absolute Gasteiger partial charge is 0.287 e. The number of anilines is 1. The van der Waals surface area contributed by atoms with E-state index in [1.807, 2.05) is 12.1 Å². The van der Waals surface area contributed by atoms with Crippen LogP contribution < -0.4 is 15.8 Å². The monoisotopic (exact) mass is 469 g/mol. The van der Waals surface area contributed by atoms with Gasteiger partial charge in [0.25, 0.3) is 11.8 Å². The third-order valence-electron chi connectivity index (χ3n) is 3.70. The summed E-state index contributed by atoms with van der Waals surface area (Å²) in [6, 6.07) is 12.6. The number of carbonyl (C=O) groups excluding carboxylic acids is 3. The Balaban J connectivity index is 1.65. The molecular weight excluding hydrogens is 457 g/mol. The minimum Gasteiger partial charge on any atom is -0.287 e. The molecule has 0 aliphatic carbocycles. The van der Waals surface area contributed by atoms with Gasteiger partial charge in [-0.1, -0.05) is 11.6 Å². The number of halogens is 2. The Morgan fingerprint density at radius 3 is 2.36 bits per heavy atom. The molecule has 3 amide bonds. The summed E-state index contributed by atoms with van der Waals surface area (Å²) in [5.41, 5.74) is 6.04. The van der Waals surface area contributed by atoms with Gasteiger partial charge in [-0.05, 0) is 71.1 Å². The molecule has 2 aromatic rings. The number of hydrazine groups is 1. The molecule has 1 fully saturated rings. The number of imide groups is 1. The molecular formula is C17H13ClIN3O3. The van der Waals surface area contributed by atoms with Crippen molar-refractivity contribution in [1.29, 1.82) is 0 Å². The van der Waals surface area contributed by atoms with Crippen molar-refractivity contribution >= 4 is 57.6 Å². The molecule has 0 aromatic heterocycles. The van der Waals surface area contributed by atoms with E-state index in [9.17, 15) is 14.4 Å². The van der Waals surface area contributed by atoms with Crippen molar-refractivity contribution in [2.75, 3.05) is 4.90 Å². The summed E-state index contributed by atoms with van der Waals surface area (Å²) in [7, 11) is 0. The van der Waals surface area contributed by atoms with Crippen molar-refractivity contribution in [3.8, 4) is 0 Å². The minimum absolute atomic E-state index is 0.0333. The Bertz CT molecular complexity index is 824. The van der Waals surface area contributed by atoms with Gasteiger partial charge in [-0.25, -0.2) is 10.3 Å². The van der Waals surface area contributed by atoms with E-state index in [1.54, 1.807) is 36.4 Å². The van der Waals surface area contributed by atoms with Crippen LogP contribution in [0, 0.1) is 3.57 Å². The highest BCUT2D eigenvalue weighted by molar-refractivity contribution is 14.1. The van der Waals surface area contributed by atoms with E-state index < -0.39 is 11.9 Å². The number of rotatable bonds is 4. The van der Waals surface area contributed by atoms with Crippen LogP contribution in [-0.2, 0) is 9.59 Å². The van der Waals surface area contributed by atoms with Crippen molar-refractivity contribution in [1.82, 2.24) is 10.9 Å². The molecule has 6 nitrogen and oxygen atoms in total. The summed E-state index contributed by atoms with van der Waals surface area (Å²) < 4.78 is 1.01. The van der Waals surface area contributed by atoms with Crippen LogP contribution >= 0.6 is 34.2 Å². The Hall–Kier alpha value is -1.97. The highest BCUT2D eigenvalue weighted by atomic mass is 127. The maximum absolute atomic E-state index is 12.5. The Kier molecular flexibility index (Phi) is 5.36. The Morgan fingerprint density at radius 2 is 1.72 bits per heavy atom. The molecule has 0 spiro atoms. The average molecular weight is 470 g/mol. The summed E-state index contributed by atoms with van der Waals surface area (Å²) in [5.74, 6) is -1.13. The van der Waals surface area contributed by atoms with Crippen molar-refractivity contribution in [2.45, 2.75) is 12.5 Å². The fourth-order valence-corrected chi connectivity index (χ4v) is 2.92. The second kappa shape index (κ2) is 7.51. The number of nitrogens with zero attached hydrogens (tertiary/aromatic N) is 1. The third kappa shape index (κ3) is 4.00. The maximum Gasteiger partial charge on any atom is 0.265 e. The highest BCUT2D eigenvalue weighted by Crippen LogP contribution is 2.24. The topological polar surface area (TPSA) is 78.5 Å². The van der Waals surface area contributed by atoms with Gasteiger partial charge < -0.3 is 0 Å². The van der Waals surface area contributed by atoms with E-state index in [4.69, 9.17) is 11.6 Å². The molecule has 128 valence electrons. The minimum atomic E-state index is -0.809. The van der Waals surface area contributed by atoms with Gasteiger partial charge in [0.05, 0.1) is 12.1 Å². The lowest BCUT2D eigenvalue weighted by molar-refractivity contribution is -0.121. The quantitative estimate of drug-likeness (QED) is 0.410. The van der Waals surface area contributed by atoms with Gasteiger partial charge in [-0.3, -0.25) is 19.8 Å². The Morgan fingerprint density at radius 1 is 1.08 bits per heavy atom. The smallest absolute Gasteiger partial charge is 0.265 e. The lowest BCUT2D eigenvalue weighted by Crippen LogP contribution is -2.48. The van der Waals surface area contributed by atoms with E-state index in [2.05, 4.69) is 33.4 Å². The summed E-state index contributed by atoms with van der Waals surface area (Å²) in [4.78, 5) is 37.8. The molecule has 1 aliphatic rings. The predicted octanol–water partition coefficient (Wildman–Crippen LogP) is 2.51. The number of hydrogen-bond donors (Lipinski definition) is 2. The van der Waals surface area contributed by atoms with Crippen molar-refractivity contribution in [3.05, 3.63) is 62.7 Å². The summed E-state index contributed by atoms with van der Waals surface area (Å²) >= 11 is 7.97. The van der Waals surface area contributed by atoms with Gasteiger partial charge >= 0.3 is 0 Å². The molecule has 1 saturated heterocycles. The fourth-order valence-electron chi connectivity index (χ4n) is 2.43. The molecule has 1 atom stereocenters. The molecule has 0 unspecified atom stereocenters. The van der Waals surface area contributed by atoms with Crippen LogP contribution in [-0.4, -0.2) is 23.8 Å². The number of benzene rings is 2. The van der Waals surface area contributed by atoms with Crippen LogP contribution in [0.4, 0.5) is 5.69 Å². The van der Waals surface area contributed by atoms with Crippen LogP contribution in [0.1, 0.15) is 16.8 Å². The molecule has 2 aromatic carbocycles. The summed E-state index contributed by atoms with van der Waals surface area (Å²) in [6.45, 7) is 0. The van der Waals surface area contributed by atoms with E-state index in [0.29, 0.717) is 16.3 Å². The van der Waals surface area contributed by atoms with Crippen LogP contribution in [0.5, 0.6) is 0 Å². The fraction of sp³-hybridized carbons (Fsp3) is 0.118. The lowest BCUT2D eigenvalue weighted by Gasteiger charge is -2.16. The van der Waals surface area contributed by atoms with Crippen LogP contribution in [0.15, 0.2) is 48.5 Å². The highest BCUT2D eigenvalue weighted by Gasteiger charge is 2.39. The van der Waals surface area contributed by atoms with Crippen LogP contribution in [0.25, 0.3) is 0 Å². The number of hydrogen-bond acceptors (Lipinski definition) is 4. The zero-order valence-corrected chi connectivity index (χ0v) is 15.7. The normalized spacial score (nSPS) is 17.0.